The normalized spacial score (nSPS) is 11.6. The number of methoxy groups -OCH3 is 1. The first-order valence-corrected chi connectivity index (χ1v) is 12.0. The molecule has 1 atom stereocenters. The van der Waals surface area contributed by atoms with Gasteiger partial charge in [-0.1, -0.05) is 32.1 Å². The lowest BCUT2D eigenvalue weighted by Gasteiger charge is -2.10. The molecule has 0 aliphatic carbocycles. The topological polar surface area (TPSA) is 86.5 Å². The van der Waals surface area contributed by atoms with Crippen molar-refractivity contribution in [3.05, 3.63) is 54.1 Å². The molecule has 0 aliphatic heterocycles. The summed E-state index contributed by atoms with van der Waals surface area (Å²) in [6.45, 7) is 2.15. The zero-order valence-electron chi connectivity index (χ0n) is 20.6. The van der Waals surface area contributed by atoms with E-state index in [9.17, 15) is 9.59 Å². The van der Waals surface area contributed by atoms with Crippen molar-refractivity contribution in [2.75, 3.05) is 13.7 Å². The van der Waals surface area contributed by atoms with Crippen molar-refractivity contribution in [3.8, 4) is 18.1 Å². The number of hydrogen-bond acceptors (Lipinski definition) is 7. The summed E-state index contributed by atoms with van der Waals surface area (Å²) in [7, 11) is 1.24. The number of rotatable bonds is 15. The second kappa shape index (κ2) is 16.0. The van der Waals surface area contributed by atoms with Crippen LogP contribution in [0.1, 0.15) is 68.6 Å². The summed E-state index contributed by atoms with van der Waals surface area (Å²) >= 11 is 0. The van der Waals surface area contributed by atoms with Crippen molar-refractivity contribution in [1.82, 2.24) is 0 Å². The van der Waals surface area contributed by atoms with Crippen LogP contribution in [0.2, 0.25) is 0 Å². The molecule has 0 N–H and O–H groups in total. The SMILES string of the molecule is C#CCCCCCCCCCOc1ccc(N=Nc2ccc(C(=O)O[C@@H](C)C(=O)OC)cc2)cc1. The highest BCUT2D eigenvalue weighted by Crippen LogP contribution is 2.22. The fourth-order valence-corrected chi connectivity index (χ4v) is 3.23. The van der Waals surface area contributed by atoms with Crippen LogP contribution in [-0.4, -0.2) is 31.8 Å². The van der Waals surface area contributed by atoms with Gasteiger partial charge in [-0.3, -0.25) is 0 Å². The van der Waals surface area contributed by atoms with Crippen molar-refractivity contribution < 1.29 is 23.8 Å². The molecule has 0 radical (unpaired) electrons. The average Bonchev–Trinajstić information content (AvgIpc) is 2.89. The molecule has 7 heteroatoms. The summed E-state index contributed by atoms with van der Waals surface area (Å²) in [4.78, 5) is 23.5. The molecule has 2 aromatic carbocycles. The van der Waals surface area contributed by atoms with Crippen molar-refractivity contribution in [2.24, 2.45) is 10.2 Å². The van der Waals surface area contributed by atoms with Crippen LogP contribution >= 0.6 is 0 Å². The van der Waals surface area contributed by atoms with Crippen LogP contribution < -0.4 is 4.74 Å². The molecular weight excluding hydrogens is 444 g/mol. The van der Waals surface area contributed by atoms with E-state index in [-0.39, 0.29) is 0 Å². The third-order valence-corrected chi connectivity index (χ3v) is 5.27. The molecule has 0 spiro atoms. The molecule has 0 saturated heterocycles. The number of ether oxygens (including phenoxy) is 3. The van der Waals surface area contributed by atoms with E-state index in [1.807, 2.05) is 24.3 Å². The van der Waals surface area contributed by atoms with E-state index in [1.54, 1.807) is 24.3 Å². The maximum atomic E-state index is 12.1. The van der Waals surface area contributed by atoms with E-state index in [0.717, 1.165) is 25.0 Å². The van der Waals surface area contributed by atoms with E-state index < -0.39 is 18.0 Å². The van der Waals surface area contributed by atoms with Gasteiger partial charge in [0.2, 0.25) is 0 Å². The lowest BCUT2D eigenvalue weighted by Crippen LogP contribution is -2.25. The first kappa shape index (κ1) is 27.6. The second-order valence-corrected chi connectivity index (χ2v) is 8.09. The first-order chi connectivity index (χ1) is 17.0. The number of unbranched alkanes of at least 4 members (excludes halogenated alkanes) is 7. The van der Waals surface area contributed by atoms with Gasteiger partial charge in [0.1, 0.15) is 5.75 Å². The van der Waals surface area contributed by atoms with Gasteiger partial charge in [0.05, 0.1) is 30.7 Å². The highest BCUT2D eigenvalue weighted by molar-refractivity contribution is 5.91. The summed E-state index contributed by atoms with van der Waals surface area (Å²) < 4.78 is 15.4. The van der Waals surface area contributed by atoms with E-state index in [0.29, 0.717) is 23.5 Å². The maximum absolute atomic E-state index is 12.1. The van der Waals surface area contributed by atoms with Crippen LogP contribution in [0, 0.1) is 12.3 Å². The molecule has 2 rings (SSSR count). The number of benzene rings is 2. The smallest absolute Gasteiger partial charge is 0.346 e. The molecule has 7 nitrogen and oxygen atoms in total. The number of azo groups is 1. The molecule has 0 bridgehead atoms. The summed E-state index contributed by atoms with van der Waals surface area (Å²) in [5.41, 5.74) is 1.58. The van der Waals surface area contributed by atoms with Crippen molar-refractivity contribution >= 4 is 23.3 Å². The lowest BCUT2D eigenvalue weighted by atomic mass is 10.1. The number of hydrogen-bond donors (Lipinski definition) is 0. The Morgan fingerprint density at radius 1 is 0.857 bits per heavy atom. The van der Waals surface area contributed by atoms with Gasteiger partial charge in [-0.25, -0.2) is 9.59 Å². The zero-order chi connectivity index (χ0) is 25.3. The maximum Gasteiger partial charge on any atom is 0.346 e. The standard InChI is InChI=1S/C28H34N2O5/c1-4-5-6-7-8-9-10-11-12-21-34-26-19-17-25(18-20-26)30-29-24-15-13-23(14-16-24)28(32)35-22(2)27(31)33-3/h1,13-20,22H,5-12,21H2,2-3H3/t22-/m0/s1. The van der Waals surface area contributed by atoms with Gasteiger partial charge < -0.3 is 14.2 Å². The van der Waals surface area contributed by atoms with Crippen molar-refractivity contribution in [1.29, 1.82) is 0 Å². The van der Waals surface area contributed by atoms with Gasteiger partial charge in [-0.15, -0.1) is 12.3 Å². The van der Waals surface area contributed by atoms with Crippen LogP contribution in [0.3, 0.4) is 0 Å². The molecule has 0 aromatic heterocycles. The third kappa shape index (κ3) is 10.9. The largest absolute Gasteiger partial charge is 0.494 e. The predicted molar refractivity (Wildman–Crippen MR) is 135 cm³/mol. The zero-order valence-corrected chi connectivity index (χ0v) is 20.6. The minimum absolute atomic E-state index is 0.307. The van der Waals surface area contributed by atoms with Crippen LogP contribution in [0.25, 0.3) is 0 Å². The molecule has 186 valence electrons. The van der Waals surface area contributed by atoms with E-state index in [2.05, 4.69) is 20.9 Å². The Bertz CT molecular complexity index is 978. The van der Waals surface area contributed by atoms with Gasteiger partial charge in [-0.05, 0) is 68.3 Å². The van der Waals surface area contributed by atoms with Gasteiger partial charge in [-0.2, -0.15) is 10.2 Å². The average molecular weight is 479 g/mol. The van der Waals surface area contributed by atoms with Gasteiger partial charge >= 0.3 is 11.9 Å². The van der Waals surface area contributed by atoms with Gasteiger partial charge in [0.25, 0.3) is 0 Å². The van der Waals surface area contributed by atoms with Crippen molar-refractivity contribution in [2.45, 2.75) is 64.4 Å². The highest BCUT2D eigenvalue weighted by Gasteiger charge is 2.19. The summed E-state index contributed by atoms with van der Waals surface area (Å²) in [5.74, 6) is 2.26. The number of carbonyl (C=O) groups is 2. The molecule has 35 heavy (non-hydrogen) atoms. The highest BCUT2D eigenvalue weighted by atomic mass is 16.6. The molecule has 0 aliphatic rings. The number of carbonyl (C=O) groups excluding carboxylic acids is 2. The minimum atomic E-state index is -0.974. The fourth-order valence-electron chi connectivity index (χ4n) is 3.23. The Hall–Kier alpha value is -3.66. The lowest BCUT2D eigenvalue weighted by molar-refractivity contribution is -0.149. The van der Waals surface area contributed by atoms with Crippen molar-refractivity contribution in [3.63, 3.8) is 0 Å². The van der Waals surface area contributed by atoms with E-state index in [4.69, 9.17) is 15.9 Å². The van der Waals surface area contributed by atoms with Crippen LogP contribution in [0.5, 0.6) is 5.75 Å². The quantitative estimate of drug-likeness (QED) is 0.120. The van der Waals surface area contributed by atoms with E-state index in [1.165, 1.54) is 46.1 Å². The van der Waals surface area contributed by atoms with Gasteiger partial charge in [0, 0.05) is 6.42 Å². The molecular formula is C28H34N2O5. The number of esters is 2. The second-order valence-electron chi connectivity index (χ2n) is 8.09. The van der Waals surface area contributed by atoms with Crippen LogP contribution in [-0.2, 0) is 14.3 Å². The van der Waals surface area contributed by atoms with E-state index >= 15 is 0 Å². The number of nitrogens with zero attached hydrogens (tertiary/aromatic N) is 2. The summed E-state index contributed by atoms with van der Waals surface area (Å²) in [5, 5.41) is 8.40. The minimum Gasteiger partial charge on any atom is -0.494 e. The van der Waals surface area contributed by atoms with Crippen LogP contribution in [0.4, 0.5) is 11.4 Å². The van der Waals surface area contributed by atoms with Crippen LogP contribution in [0.15, 0.2) is 58.8 Å². The Labute approximate surface area is 207 Å². The fraction of sp³-hybridized carbons (Fsp3) is 0.429. The molecule has 0 fully saturated rings. The Kier molecular flexibility index (Phi) is 12.6. The monoisotopic (exact) mass is 478 g/mol. The molecule has 0 saturated carbocycles. The van der Waals surface area contributed by atoms with Gasteiger partial charge in [0.15, 0.2) is 6.10 Å². The summed E-state index contributed by atoms with van der Waals surface area (Å²) in [6, 6.07) is 13.9. The Morgan fingerprint density at radius 3 is 1.97 bits per heavy atom. The first-order valence-electron chi connectivity index (χ1n) is 12.0. The summed E-state index contributed by atoms with van der Waals surface area (Å²) in [6.07, 6.45) is 13.5. The predicted octanol–water partition coefficient (Wildman–Crippen LogP) is 6.95. The Balaban J connectivity index is 1.69. The molecule has 0 amide bonds. The third-order valence-electron chi connectivity index (χ3n) is 5.27. The molecule has 0 unspecified atom stereocenters. The number of terminal acetylenes is 1. The molecule has 0 heterocycles. The molecule has 2 aromatic rings. The Morgan fingerprint density at radius 2 is 1.40 bits per heavy atom.